The van der Waals surface area contributed by atoms with Crippen molar-refractivity contribution >= 4 is 11.8 Å². The Morgan fingerprint density at radius 3 is 2.88 bits per heavy atom. The molecule has 1 heterocycles. The molecule has 2 aliphatic rings. The molecule has 1 aliphatic heterocycles. The molecule has 0 aromatic carbocycles. The van der Waals surface area contributed by atoms with Crippen molar-refractivity contribution in [3.63, 3.8) is 0 Å². The maximum Gasteiger partial charge on any atom is 0.227 e. The Labute approximate surface area is 102 Å². The summed E-state index contributed by atoms with van der Waals surface area (Å²) in [6, 6.07) is 0.0494. The van der Waals surface area contributed by atoms with E-state index in [0.29, 0.717) is 13.0 Å². The van der Waals surface area contributed by atoms with Gasteiger partial charge in [-0.2, -0.15) is 0 Å². The highest BCUT2D eigenvalue weighted by atomic mass is 16.2. The van der Waals surface area contributed by atoms with Crippen LogP contribution in [0.5, 0.6) is 0 Å². The van der Waals surface area contributed by atoms with Gasteiger partial charge in [-0.1, -0.05) is 6.42 Å². The van der Waals surface area contributed by atoms with Crippen molar-refractivity contribution in [1.82, 2.24) is 10.6 Å². The first kappa shape index (κ1) is 12.4. The number of hydrogen-bond acceptors (Lipinski definition) is 3. The lowest BCUT2D eigenvalue weighted by atomic mass is 9.84. The maximum absolute atomic E-state index is 12.1. The highest BCUT2D eigenvalue weighted by Gasteiger charge is 2.42. The van der Waals surface area contributed by atoms with Crippen molar-refractivity contribution in [3.05, 3.63) is 0 Å². The largest absolute Gasteiger partial charge is 0.354 e. The van der Waals surface area contributed by atoms with Crippen LogP contribution in [0.1, 0.15) is 39.0 Å². The first-order chi connectivity index (χ1) is 8.02. The second kappa shape index (κ2) is 4.64. The fourth-order valence-corrected chi connectivity index (χ4v) is 2.72. The van der Waals surface area contributed by atoms with E-state index in [1.165, 1.54) is 0 Å². The lowest BCUT2D eigenvalue weighted by molar-refractivity contribution is -0.130. The van der Waals surface area contributed by atoms with Crippen LogP contribution in [0, 0.1) is 5.41 Å². The van der Waals surface area contributed by atoms with Gasteiger partial charge in [-0.3, -0.25) is 9.59 Å². The van der Waals surface area contributed by atoms with E-state index in [2.05, 4.69) is 10.6 Å². The van der Waals surface area contributed by atoms with Gasteiger partial charge in [-0.15, -0.1) is 0 Å². The Kier molecular flexibility index (Phi) is 3.38. The van der Waals surface area contributed by atoms with E-state index in [1.54, 1.807) is 0 Å². The normalized spacial score (nSPS) is 36.9. The van der Waals surface area contributed by atoms with E-state index in [9.17, 15) is 9.59 Å². The van der Waals surface area contributed by atoms with E-state index in [4.69, 9.17) is 5.73 Å². The number of nitrogens with two attached hydrogens (primary N) is 1. The lowest BCUT2D eigenvalue weighted by Gasteiger charge is -2.28. The van der Waals surface area contributed by atoms with Crippen LogP contribution in [-0.2, 0) is 9.59 Å². The smallest absolute Gasteiger partial charge is 0.227 e. The van der Waals surface area contributed by atoms with Gasteiger partial charge in [-0.25, -0.2) is 0 Å². The van der Waals surface area contributed by atoms with Crippen LogP contribution in [-0.4, -0.2) is 30.4 Å². The summed E-state index contributed by atoms with van der Waals surface area (Å²) in [4.78, 5) is 23.1. The van der Waals surface area contributed by atoms with Gasteiger partial charge in [0.05, 0.1) is 5.41 Å². The Hall–Kier alpha value is -1.10. The van der Waals surface area contributed by atoms with Crippen LogP contribution in [0.3, 0.4) is 0 Å². The van der Waals surface area contributed by atoms with Crippen LogP contribution in [0.15, 0.2) is 0 Å². The van der Waals surface area contributed by atoms with Gasteiger partial charge >= 0.3 is 0 Å². The number of hydrogen-bond donors (Lipinski definition) is 3. The number of rotatable bonds is 3. The molecule has 3 atom stereocenters. The summed E-state index contributed by atoms with van der Waals surface area (Å²) in [5.41, 5.74) is 5.56. The predicted octanol–water partition coefficient (Wildman–Crippen LogP) is -0.101. The quantitative estimate of drug-likeness (QED) is 0.643. The molecule has 0 spiro atoms. The van der Waals surface area contributed by atoms with Gasteiger partial charge in [0.2, 0.25) is 11.8 Å². The van der Waals surface area contributed by atoms with E-state index in [0.717, 1.165) is 25.7 Å². The van der Waals surface area contributed by atoms with Crippen LogP contribution in [0.25, 0.3) is 0 Å². The molecule has 3 unspecified atom stereocenters. The van der Waals surface area contributed by atoms with E-state index >= 15 is 0 Å². The molecule has 0 aromatic heterocycles. The van der Waals surface area contributed by atoms with Crippen molar-refractivity contribution < 1.29 is 9.59 Å². The Morgan fingerprint density at radius 1 is 1.59 bits per heavy atom. The average Bonchev–Trinajstić information content (AvgIpc) is 2.84. The number of carbonyl (C=O) groups excluding carboxylic acids is 2. The molecule has 5 nitrogen and oxygen atoms in total. The third-order valence-electron chi connectivity index (χ3n) is 4.14. The summed E-state index contributed by atoms with van der Waals surface area (Å²) in [6.07, 6.45) is 4.17. The van der Waals surface area contributed by atoms with E-state index < -0.39 is 5.41 Å². The lowest BCUT2D eigenvalue weighted by Crippen LogP contribution is -2.50. The second-order valence-electron chi connectivity index (χ2n) is 5.43. The minimum absolute atomic E-state index is 0.0312. The molecule has 1 saturated heterocycles. The van der Waals surface area contributed by atoms with E-state index in [-0.39, 0.29) is 23.9 Å². The molecule has 2 rings (SSSR count). The maximum atomic E-state index is 12.1. The molecule has 0 bridgehead atoms. The summed E-state index contributed by atoms with van der Waals surface area (Å²) in [6.45, 7) is 2.46. The highest BCUT2D eigenvalue weighted by molar-refractivity contribution is 5.83. The van der Waals surface area contributed by atoms with Crippen LogP contribution >= 0.6 is 0 Å². The second-order valence-corrected chi connectivity index (χ2v) is 5.43. The number of amides is 2. The zero-order chi connectivity index (χ0) is 12.5. The third-order valence-corrected chi connectivity index (χ3v) is 4.14. The molecule has 1 aliphatic carbocycles. The average molecular weight is 239 g/mol. The molecule has 17 heavy (non-hydrogen) atoms. The molecule has 5 heteroatoms. The van der Waals surface area contributed by atoms with Crippen LogP contribution < -0.4 is 16.4 Å². The van der Waals surface area contributed by atoms with Crippen LogP contribution in [0.4, 0.5) is 0 Å². The molecule has 0 radical (unpaired) electrons. The van der Waals surface area contributed by atoms with E-state index in [1.807, 2.05) is 6.92 Å². The zero-order valence-corrected chi connectivity index (χ0v) is 10.3. The minimum Gasteiger partial charge on any atom is -0.354 e. The van der Waals surface area contributed by atoms with Gasteiger partial charge in [0.1, 0.15) is 0 Å². The van der Waals surface area contributed by atoms with Gasteiger partial charge in [0.15, 0.2) is 0 Å². The standard InChI is InChI=1S/C12H21N3O2/c1-12(6-2-3-9(12)13)11(17)14-7-8-4-5-10(16)15-8/h8-9H,2-7,13H2,1H3,(H,14,17)(H,15,16). The number of nitrogens with one attached hydrogen (secondary N) is 2. The Morgan fingerprint density at radius 2 is 2.35 bits per heavy atom. The van der Waals surface area contributed by atoms with Crippen molar-refractivity contribution in [2.24, 2.45) is 11.1 Å². The molecule has 2 fully saturated rings. The topological polar surface area (TPSA) is 84.2 Å². The third kappa shape index (κ3) is 2.44. The number of carbonyl (C=O) groups is 2. The van der Waals surface area contributed by atoms with Gasteiger partial charge in [0, 0.05) is 25.0 Å². The molecule has 0 aromatic rings. The van der Waals surface area contributed by atoms with Crippen molar-refractivity contribution in [3.8, 4) is 0 Å². The SMILES string of the molecule is CC1(C(=O)NCC2CCC(=O)N2)CCCC1N. The first-order valence-electron chi connectivity index (χ1n) is 6.35. The first-order valence-corrected chi connectivity index (χ1v) is 6.35. The highest BCUT2D eigenvalue weighted by Crippen LogP contribution is 2.36. The van der Waals surface area contributed by atoms with Gasteiger partial charge in [0.25, 0.3) is 0 Å². The summed E-state index contributed by atoms with van der Waals surface area (Å²) < 4.78 is 0. The van der Waals surface area contributed by atoms with Gasteiger partial charge < -0.3 is 16.4 Å². The molecule has 2 amide bonds. The monoisotopic (exact) mass is 239 g/mol. The molecule has 96 valence electrons. The summed E-state index contributed by atoms with van der Waals surface area (Å²) in [5.74, 6) is 0.108. The fraction of sp³-hybridized carbons (Fsp3) is 0.833. The molecule has 1 saturated carbocycles. The molecular formula is C12H21N3O2. The van der Waals surface area contributed by atoms with Crippen molar-refractivity contribution in [2.45, 2.75) is 51.1 Å². The molecular weight excluding hydrogens is 218 g/mol. The Balaban J connectivity index is 1.83. The minimum atomic E-state index is -0.428. The van der Waals surface area contributed by atoms with Crippen LogP contribution in [0.2, 0.25) is 0 Å². The van der Waals surface area contributed by atoms with Gasteiger partial charge in [-0.05, 0) is 26.2 Å². The fourth-order valence-electron chi connectivity index (χ4n) is 2.72. The summed E-state index contributed by atoms with van der Waals surface area (Å²) >= 11 is 0. The van der Waals surface area contributed by atoms with Crippen molar-refractivity contribution in [1.29, 1.82) is 0 Å². The predicted molar refractivity (Wildman–Crippen MR) is 64.1 cm³/mol. The molecule has 4 N–H and O–H groups in total. The Bertz CT molecular complexity index is 332. The summed E-state index contributed by atoms with van der Waals surface area (Å²) in [5, 5.41) is 5.76. The zero-order valence-electron chi connectivity index (χ0n) is 10.3. The summed E-state index contributed by atoms with van der Waals surface area (Å²) in [7, 11) is 0. The van der Waals surface area contributed by atoms with Crippen molar-refractivity contribution in [2.75, 3.05) is 6.54 Å².